The number of rotatable bonds is 8. The summed E-state index contributed by atoms with van der Waals surface area (Å²) in [4.78, 5) is 18.6. The number of nitrogens with two attached hydrogens (primary N) is 1. The second kappa shape index (κ2) is 8.97. The Morgan fingerprint density at radius 1 is 1.22 bits per heavy atom. The van der Waals surface area contributed by atoms with Crippen molar-refractivity contribution in [3.05, 3.63) is 59.8 Å². The minimum absolute atomic E-state index is 0.173. The molecule has 27 heavy (non-hydrogen) atoms. The first-order valence-corrected chi connectivity index (χ1v) is 9.54. The maximum Gasteiger partial charge on any atom is 0.255 e. The standard InChI is InChI=1S/C21H28N4O2/c22-19-18(10-4-12-24-19)15-23-16-21(27)11-6-14-25(20(21)26)13-5-9-17-7-2-1-3-8-17/h1-4,7-8,10,12,23,27H,5-6,9,11,13-16H2,(H2,22,24). The normalized spacial score (nSPS) is 20.0. The van der Waals surface area contributed by atoms with E-state index in [1.807, 2.05) is 30.3 Å². The molecular weight excluding hydrogens is 340 g/mol. The summed E-state index contributed by atoms with van der Waals surface area (Å²) >= 11 is 0. The van der Waals surface area contributed by atoms with Crippen molar-refractivity contribution in [1.82, 2.24) is 15.2 Å². The predicted octanol–water partition coefficient (Wildman–Crippen LogP) is 1.74. The van der Waals surface area contributed by atoms with E-state index in [0.717, 1.165) is 24.8 Å². The van der Waals surface area contributed by atoms with Crippen molar-refractivity contribution >= 4 is 11.7 Å². The minimum atomic E-state index is -1.35. The summed E-state index contributed by atoms with van der Waals surface area (Å²) in [5.41, 5.74) is 6.63. The molecule has 3 rings (SSSR count). The van der Waals surface area contributed by atoms with Crippen LogP contribution in [0, 0.1) is 0 Å². The van der Waals surface area contributed by atoms with Gasteiger partial charge in [0.15, 0.2) is 5.60 Å². The fourth-order valence-electron chi connectivity index (χ4n) is 3.57. The van der Waals surface area contributed by atoms with Crippen LogP contribution in [0.3, 0.4) is 0 Å². The van der Waals surface area contributed by atoms with Gasteiger partial charge in [-0.05, 0) is 37.3 Å². The number of aliphatic hydroxyl groups is 1. The van der Waals surface area contributed by atoms with Crippen LogP contribution < -0.4 is 11.1 Å². The topological polar surface area (TPSA) is 91.5 Å². The highest BCUT2D eigenvalue weighted by Gasteiger charge is 2.41. The molecule has 1 atom stereocenters. The number of nitrogens with zero attached hydrogens (tertiary/aromatic N) is 2. The van der Waals surface area contributed by atoms with Crippen LogP contribution in [-0.4, -0.2) is 46.1 Å². The van der Waals surface area contributed by atoms with Crippen molar-refractivity contribution in [2.75, 3.05) is 25.4 Å². The third-order valence-electron chi connectivity index (χ3n) is 5.10. The van der Waals surface area contributed by atoms with Crippen molar-refractivity contribution < 1.29 is 9.90 Å². The number of aromatic nitrogens is 1. The second-order valence-corrected chi connectivity index (χ2v) is 7.17. The number of anilines is 1. The molecule has 1 aromatic carbocycles. The minimum Gasteiger partial charge on any atom is -0.383 e. The summed E-state index contributed by atoms with van der Waals surface area (Å²) in [6.45, 7) is 2.08. The number of aryl methyl sites for hydroxylation is 1. The maximum absolute atomic E-state index is 12.8. The number of benzene rings is 1. The van der Waals surface area contributed by atoms with E-state index < -0.39 is 5.60 Å². The van der Waals surface area contributed by atoms with Crippen molar-refractivity contribution in [3.63, 3.8) is 0 Å². The van der Waals surface area contributed by atoms with Gasteiger partial charge in [-0.15, -0.1) is 0 Å². The first kappa shape index (κ1) is 19.3. The monoisotopic (exact) mass is 368 g/mol. The van der Waals surface area contributed by atoms with Crippen LogP contribution in [0.1, 0.15) is 30.4 Å². The smallest absolute Gasteiger partial charge is 0.255 e. The number of hydrogen-bond acceptors (Lipinski definition) is 5. The Hall–Kier alpha value is -2.44. The van der Waals surface area contributed by atoms with Gasteiger partial charge in [0, 0.05) is 37.9 Å². The van der Waals surface area contributed by atoms with Crippen molar-refractivity contribution in [2.45, 2.75) is 37.8 Å². The molecule has 0 spiro atoms. The largest absolute Gasteiger partial charge is 0.383 e. The zero-order chi connectivity index (χ0) is 19.1. The van der Waals surface area contributed by atoms with Gasteiger partial charge in [0.25, 0.3) is 5.91 Å². The Morgan fingerprint density at radius 2 is 2.04 bits per heavy atom. The number of pyridine rings is 1. The van der Waals surface area contributed by atoms with Gasteiger partial charge in [-0.1, -0.05) is 36.4 Å². The van der Waals surface area contributed by atoms with Gasteiger partial charge < -0.3 is 21.1 Å². The van der Waals surface area contributed by atoms with Gasteiger partial charge in [0.1, 0.15) is 5.82 Å². The molecule has 6 nitrogen and oxygen atoms in total. The number of amides is 1. The first-order chi connectivity index (χ1) is 13.1. The molecule has 0 aliphatic carbocycles. The Bertz CT molecular complexity index is 753. The molecule has 4 N–H and O–H groups in total. The number of carbonyl (C=O) groups excluding carboxylic acids is 1. The fraction of sp³-hybridized carbons (Fsp3) is 0.429. The molecule has 1 aromatic heterocycles. The zero-order valence-electron chi connectivity index (χ0n) is 15.6. The Morgan fingerprint density at radius 3 is 2.81 bits per heavy atom. The molecule has 6 heteroatoms. The molecule has 1 saturated heterocycles. The summed E-state index contributed by atoms with van der Waals surface area (Å²) in [5.74, 6) is 0.294. The zero-order valence-corrected chi connectivity index (χ0v) is 15.6. The maximum atomic E-state index is 12.8. The van der Waals surface area contributed by atoms with Gasteiger partial charge in [-0.2, -0.15) is 0 Å². The number of hydrogen-bond donors (Lipinski definition) is 3. The van der Waals surface area contributed by atoms with Gasteiger partial charge in [0.2, 0.25) is 0 Å². The van der Waals surface area contributed by atoms with Crippen LogP contribution in [0.5, 0.6) is 0 Å². The number of nitrogen functional groups attached to an aromatic ring is 1. The van der Waals surface area contributed by atoms with E-state index in [1.165, 1.54) is 5.56 Å². The second-order valence-electron chi connectivity index (χ2n) is 7.17. The highest BCUT2D eigenvalue weighted by molar-refractivity contribution is 5.86. The molecular formula is C21H28N4O2. The first-order valence-electron chi connectivity index (χ1n) is 9.54. The van der Waals surface area contributed by atoms with Gasteiger partial charge in [-0.25, -0.2) is 4.98 Å². The lowest BCUT2D eigenvalue weighted by Crippen LogP contribution is -2.58. The summed E-state index contributed by atoms with van der Waals surface area (Å²) in [7, 11) is 0. The van der Waals surface area contributed by atoms with Crippen molar-refractivity contribution in [2.24, 2.45) is 0 Å². The number of piperidine rings is 1. The Balaban J connectivity index is 1.49. The van der Waals surface area contributed by atoms with Crippen LogP contribution in [0.25, 0.3) is 0 Å². The van der Waals surface area contributed by atoms with Crippen molar-refractivity contribution in [1.29, 1.82) is 0 Å². The molecule has 144 valence electrons. The molecule has 0 bridgehead atoms. The molecule has 1 aliphatic heterocycles. The van der Waals surface area contributed by atoms with Crippen LogP contribution >= 0.6 is 0 Å². The number of carbonyl (C=O) groups is 1. The SMILES string of the molecule is Nc1ncccc1CNCC1(O)CCCN(CCCc2ccccc2)C1=O. The lowest BCUT2D eigenvalue weighted by atomic mass is 9.91. The van der Waals surface area contributed by atoms with Crippen LogP contribution in [0.4, 0.5) is 5.82 Å². The van der Waals surface area contributed by atoms with E-state index in [9.17, 15) is 9.90 Å². The van der Waals surface area contributed by atoms with E-state index in [1.54, 1.807) is 11.1 Å². The lowest BCUT2D eigenvalue weighted by molar-refractivity contribution is -0.156. The predicted molar refractivity (Wildman–Crippen MR) is 106 cm³/mol. The van der Waals surface area contributed by atoms with E-state index >= 15 is 0 Å². The van der Waals surface area contributed by atoms with E-state index in [-0.39, 0.29) is 12.5 Å². The fourth-order valence-corrected chi connectivity index (χ4v) is 3.57. The molecule has 1 amide bonds. The number of nitrogens with one attached hydrogen (secondary N) is 1. The van der Waals surface area contributed by atoms with Crippen LogP contribution in [0.15, 0.2) is 48.7 Å². The van der Waals surface area contributed by atoms with Gasteiger partial charge in [-0.3, -0.25) is 4.79 Å². The average Bonchev–Trinajstić information content (AvgIpc) is 2.68. The molecule has 1 aliphatic rings. The Kier molecular flexibility index (Phi) is 6.42. The van der Waals surface area contributed by atoms with Crippen molar-refractivity contribution in [3.8, 4) is 0 Å². The average molecular weight is 368 g/mol. The molecule has 0 radical (unpaired) electrons. The number of likely N-dealkylation sites (tertiary alicyclic amines) is 1. The summed E-state index contributed by atoms with van der Waals surface area (Å²) in [5, 5.41) is 14.0. The third-order valence-corrected chi connectivity index (χ3v) is 5.10. The summed E-state index contributed by atoms with van der Waals surface area (Å²) in [6, 6.07) is 14.0. The molecule has 0 saturated carbocycles. The van der Waals surface area contributed by atoms with E-state index in [4.69, 9.17) is 5.73 Å². The molecule has 1 fully saturated rings. The summed E-state index contributed by atoms with van der Waals surface area (Å²) < 4.78 is 0. The molecule has 2 aromatic rings. The van der Waals surface area contributed by atoms with E-state index in [0.29, 0.717) is 31.9 Å². The van der Waals surface area contributed by atoms with E-state index in [2.05, 4.69) is 22.4 Å². The lowest BCUT2D eigenvalue weighted by Gasteiger charge is -2.38. The molecule has 2 heterocycles. The summed E-state index contributed by atoms with van der Waals surface area (Å²) in [6.07, 6.45) is 4.76. The third kappa shape index (κ3) is 5.05. The van der Waals surface area contributed by atoms with Crippen LogP contribution in [0.2, 0.25) is 0 Å². The van der Waals surface area contributed by atoms with Gasteiger partial charge in [0.05, 0.1) is 0 Å². The molecule has 1 unspecified atom stereocenters. The van der Waals surface area contributed by atoms with Gasteiger partial charge >= 0.3 is 0 Å². The Labute approximate surface area is 160 Å². The quantitative estimate of drug-likeness (QED) is 0.660. The highest BCUT2D eigenvalue weighted by atomic mass is 16.3. The highest BCUT2D eigenvalue weighted by Crippen LogP contribution is 2.23. The van der Waals surface area contributed by atoms with Crippen LogP contribution in [-0.2, 0) is 17.8 Å².